The lowest BCUT2D eigenvalue weighted by Gasteiger charge is -2.13. The van der Waals surface area contributed by atoms with Crippen molar-refractivity contribution in [1.29, 1.82) is 0 Å². The Morgan fingerprint density at radius 3 is 3.07 bits per heavy atom. The van der Waals surface area contributed by atoms with Crippen LogP contribution in [0.4, 0.5) is 0 Å². The highest BCUT2D eigenvalue weighted by atomic mass is 32.1. The van der Waals surface area contributed by atoms with Crippen LogP contribution >= 0.6 is 11.3 Å². The third-order valence-electron chi connectivity index (χ3n) is 2.37. The van der Waals surface area contributed by atoms with Crippen molar-refractivity contribution in [3.8, 4) is 0 Å². The zero-order valence-corrected chi connectivity index (χ0v) is 9.09. The molecule has 4 heteroatoms. The van der Waals surface area contributed by atoms with Crippen molar-refractivity contribution in [1.82, 2.24) is 9.88 Å². The van der Waals surface area contributed by atoms with E-state index in [1.54, 1.807) is 11.3 Å². The molecule has 0 amide bonds. The number of nitrogens with zero attached hydrogens (tertiary/aromatic N) is 2. The second-order valence-corrected chi connectivity index (χ2v) is 4.61. The Kier molecular flexibility index (Phi) is 2.93. The van der Waals surface area contributed by atoms with Crippen molar-refractivity contribution >= 4 is 17.1 Å². The first kappa shape index (κ1) is 9.80. The Balaban J connectivity index is 1.78. The van der Waals surface area contributed by atoms with Crippen molar-refractivity contribution in [2.45, 2.75) is 19.4 Å². The van der Waals surface area contributed by atoms with Crippen LogP contribution in [0.15, 0.2) is 10.9 Å². The van der Waals surface area contributed by atoms with Crippen LogP contribution < -0.4 is 0 Å². The monoisotopic (exact) mass is 210 g/mol. The van der Waals surface area contributed by atoms with Gasteiger partial charge in [0.2, 0.25) is 0 Å². The molecule has 0 spiro atoms. The van der Waals surface area contributed by atoms with E-state index in [1.165, 1.54) is 0 Å². The second-order valence-electron chi connectivity index (χ2n) is 3.89. The van der Waals surface area contributed by atoms with Gasteiger partial charge in [-0.3, -0.25) is 9.69 Å². The summed E-state index contributed by atoms with van der Waals surface area (Å²) < 4.78 is 0. The summed E-state index contributed by atoms with van der Waals surface area (Å²) in [4.78, 5) is 17.7. The van der Waals surface area contributed by atoms with Gasteiger partial charge >= 0.3 is 0 Å². The van der Waals surface area contributed by atoms with Crippen LogP contribution in [0.3, 0.4) is 0 Å². The molecule has 1 heterocycles. The van der Waals surface area contributed by atoms with E-state index in [9.17, 15) is 4.79 Å². The first-order valence-electron chi connectivity index (χ1n) is 4.84. The van der Waals surface area contributed by atoms with Crippen molar-refractivity contribution in [2.24, 2.45) is 5.92 Å². The molecule has 1 aliphatic rings. The van der Waals surface area contributed by atoms with Crippen molar-refractivity contribution in [3.63, 3.8) is 0 Å². The summed E-state index contributed by atoms with van der Waals surface area (Å²) in [7, 11) is 1.97. The molecular formula is C10H14N2OS. The SMILES string of the molecule is CN(CC(=O)C1CC1)Cc1cscn1. The third-order valence-corrected chi connectivity index (χ3v) is 3.01. The summed E-state index contributed by atoms with van der Waals surface area (Å²) >= 11 is 1.60. The fourth-order valence-corrected chi connectivity index (χ4v) is 2.00. The number of rotatable bonds is 5. The smallest absolute Gasteiger partial charge is 0.149 e. The number of carbonyl (C=O) groups is 1. The zero-order valence-electron chi connectivity index (χ0n) is 8.27. The number of carbonyl (C=O) groups excluding carboxylic acids is 1. The molecule has 0 N–H and O–H groups in total. The molecule has 1 saturated carbocycles. The zero-order chi connectivity index (χ0) is 9.97. The lowest BCUT2D eigenvalue weighted by Crippen LogP contribution is -2.26. The summed E-state index contributed by atoms with van der Waals surface area (Å²) in [5, 5.41) is 2.03. The van der Waals surface area contributed by atoms with Gasteiger partial charge in [0.15, 0.2) is 0 Å². The van der Waals surface area contributed by atoms with Gasteiger partial charge in [-0.2, -0.15) is 0 Å². The lowest BCUT2D eigenvalue weighted by molar-refractivity contribution is -0.121. The molecule has 1 aromatic heterocycles. The highest BCUT2D eigenvalue weighted by molar-refractivity contribution is 7.07. The molecule has 1 aromatic rings. The standard InChI is InChI=1S/C10H14N2OS/c1-12(4-9-6-14-7-11-9)5-10(13)8-2-3-8/h6-8H,2-5H2,1H3. The molecule has 0 radical (unpaired) electrons. The predicted octanol–water partition coefficient (Wildman–Crippen LogP) is 1.55. The summed E-state index contributed by atoms with van der Waals surface area (Å²) in [6.45, 7) is 1.35. The molecule has 14 heavy (non-hydrogen) atoms. The molecular weight excluding hydrogens is 196 g/mol. The number of Topliss-reactive ketones (excluding diaryl/α,β-unsaturated/α-hetero) is 1. The van der Waals surface area contributed by atoms with E-state index >= 15 is 0 Å². The molecule has 1 aliphatic carbocycles. The number of hydrogen-bond acceptors (Lipinski definition) is 4. The minimum atomic E-state index is 0.368. The molecule has 0 aliphatic heterocycles. The second kappa shape index (κ2) is 4.19. The van der Waals surface area contributed by atoms with Crippen molar-refractivity contribution in [3.05, 3.63) is 16.6 Å². The minimum absolute atomic E-state index is 0.368. The van der Waals surface area contributed by atoms with Crippen molar-refractivity contribution in [2.75, 3.05) is 13.6 Å². The van der Waals surface area contributed by atoms with Crippen LogP contribution in [-0.2, 0) is 11.3 Å². The summed E-state index contributed by atoms with van der Waals surface area (Å²) in [6, 6.07) is 0. The average Bonchev–Trinajstić information content (AvgIpc) is 2.87. The van der Waals surface area contributed by atoms with Gasteiger partial charge in [0.05, 0.1) is 17.7 Å². The highest BCUT2D eigenvalue weighted by Gasteiger charge is 2.29. The molecule has 3 nitrogen and oxygen atoms in total. The van der Waals surface area contributed by atoms with Crippen LogP contribution in [0.5, 0.6) is 0 Å². The molecule has 0 atom stereocenters. The normalized spacial score (nSPS) is 16.1. The van der Waals surface area contributed by atoms with Crippen LogP contribution in [0.2, 0.25) is 0 Å². The number of hydrogen-bond donors (Lipinski definition) is 0. The van der Waals surface area contributed by atoms with Gasteiger partial charge in [0.1, 0.15) is 5.78 Å². The molecule has 0 aromatic carbocycles. The van der Waals surface area contributed by atoms with Crippen molar-refractivity contribution < 1.29 is 4.79 Å². The van der Waals surface area contributed by atoms with Gasteiger partial charge in [-0.1, -0.05) is 0 Å². The third kappa shape index (κ3) is 2.62. The minimum Gasteiger partial charge on any atom is -0.298 e. The largest absolute Gasteiger partial charge is 0.298 e. The lowest BCUT2D eigenvalue weighted by atomic mass is 10.2. The van der Waals surface area contributed by atoms with Crippen LogP contribution in [0.25, 0.3) is 0 Å². The van der Waals surface area contributed by atoms with E-state index in [4.69, 9.17) is 0 Å². The molecule has 76 valence electrons. The van der Waals surface area contributed by atoms with E-state index in [1.807, 2.05) is 22.8 Å². The summed E-state index contributed by atoms with van der Waals surface area (Å²) in [6.07, 6.45) is 2.20. The molecule has 0 saturated heterocycles. The Hall–Kier alpha value is -0.740. The maximum Gasteiger partial charge on any atom is 0.149 e. The fourth-order valence-electron chi connectivity index (χ4n) is 1.45. The van der Waals surface area contributed by atoms with E-state index < -0.39 is 0 Å². The van der Waals surface area contributed by atoms with Crippen LogP contribution in [-0.4, -0.2) is 29.3 Å². The number of likely N-dealkylation sites (N-methyl/N-ethyl adjacent to an activating group) is 1. The number of thiazole rings is 1. The molecule has 2 rings (SSSR count). The highest BCUT2D eigenvalue weighted by Crippen LogP contribution is 2.29. The maximum absolute atomic E-state index is 11.5. The summed E-state index contributed by atoms with van der Waals surface area (Å²) in [5.74, 6) is 0.760. The molecule has 0 unspecified atom stereocenters. The van der Waals surface area contributed by atoms with Gasteiger partial charge < -0.3 is 0 Å². The van der Waals surface area contributed by atoms with E-state index in [0.29, 0.717) is 18.2 Å². The topological polar surface area (TPSA) is 33.2 Å². The van der Waals surface area contributed by atoms with Gasteiger partial charge in [-0.05, 0) is 19.9 Å². The number of ketones is 1. The Morgan fingerprint density at radius 2 is 2.50 bits per heavy atom. The molecule has 1 fully saturated rings. The maximum atomic E-state index is 11.5. The van der Waals surface area contributed by atoms with Crippen LogP contribution in [0.1, 0.15) is 18.5 Å². The summed E-state index contributed by atoms with van der Waals surface area (Å²) in [5.41, 5.74) is 2.88. The Bertz CT molecular complexity index is 306. The van der Waals surface area contributed by atoms with E-state index in [-0.39, 0.29) is 0 Å². The Labute approximate surface area is 87.8 Å². The number of aromatic nitrogens is 1. The first-order valence-corrected chi connectivity index (χ1v) is 5.78. The predicted molar refractivity (Wildman–Crippen MR) is 56.2 cm³/mol. The van der Waals surface area contributed by atoms with E-state index in [2.05, 4.69) is 4.98 Å². The average molecular weight is 210 g/mol. The van der Waals surface area contributed by atoms with E-state index in [0.717, 1.165) is 25.1 Å². The Morgan fingerprint density at radius 1 is 1.71 bits per heavy atom. The van der Waals surface area contributed by atoms with Gasteiger partial charge in [-0.15, -0.1) is 11.3 Å². The van der Waals surface area contributed by atoms with Gasteiger partial charge in [0, 0.05) is 17.8 Å². The fraction of sp³-hybridized carbons (Fsp3) is 0.600. The van der Waals surface area contributed by atoms with Gasteiger partial charge in [0.25, 0.3) is 0 Å². The quantitative estimate of drug-likeness (QED) is 0.739. The van der Waals surface area contributed by atoms with Gasteiger partial charge in [-0.25, -0.2) is 4.98 Å². The van der Waals surface area contributed by atoms with Crippen LogP contribution in [0, 0.1) is 5.92 Å². The first-order chi connectivity index (χ1) is 6.75. The molecule has 0 bridgehead atoms.